The highest BCUT2D eigenvalue weighted by molar-refractivity contribution is 5.63. The fourth-order valence-electron chi connectivity index (χ4n) is 4.28. The van der Waals surface area contributed by atoms with Crippen molar-refractivity contribution in [2.24, 2.45) is 15.4 Å². The highest BCUT2D eigenvalue weighted by Crippen LogP contribution is 2.36. The van der Waals surface area contributed by atoms with Crippen molar-refractivity contribution in [2.75, 3.05) is 18.9 Å². The number of hydrogen-bond donors (Lipinski definition) is 2. The summed E-state index contributed by atoms with van der Waals surface area (Å²) in [5.74, 6) is -16.1. The van der Waals surface area contributed by atoms with E-state index in [-0.39, 0.29) is 18.9 Å². The largest absolute Gasteiger partial charge is 0.487 e. The summed E-state index contributed by atoms with van der Waals surface area (Å²) in [5.41, 5.74) is 3.89. The van der Waals surface area contributed by atoms with Gasteiger partial charge in [0.2, 0.25) is 23.3 Å². The molecule has 0 radical (unpaired) electrons. The molecule has 0 unspecified atom stereocenters. The molecule has 0 saturated carbocycles. The SMILES string of the molecule is CC(=O)O.CCCCCCOc1c(F)c(F)c(N)c(F)c1F.CCCCCCOc1c(F)c(F)c(N=Nc2ccc(C#N)cc2)c(F)c1F.N#Cc1ccc(N=O)cc1. The fourth-order valence-corrected chi connectivity index (χ4v) is 4.28. The van der Waals surface area contributed by atoms with Crippen LogP contribution in [0, 0.1) is 74.1 Å². The van der Waals surface area contributed by atoms with Gasteiger partial charge in [-0.1, -0.05) is 52.4 Å². The highest BCUT2D eigenvalue weighted by atomic mass is 19.2. The summed E-state index contributed by atoms with van der Waals surface area (Å²) in [6, 6.07) is 15.5. The number of nitroso groups, excluding NO2 is 1. The van der Waals surface area contributed by atoms with Crippen LogP contribution in [0.15, 0.2) is 63.9 Å². The summed E-state index contributed by atoms with van der Waals surface area (Å²) >= 11 is 0. The zero-order valence-electron chi connectivity index (χ0n) is 32.1. The minimum absolute atomic E-state index is 0.00334. The molecule has 4 rings (SSSR count). The number of azo groups is 1. The Morgan fingerprint density at radius 3 is 1.31 bits per heavy atom. The molecule has 0 aromatic heterocycles. The monoisotopic (exact) mass is 836 g/mol. The molecule has 3 N–H and O–H groups in total. The third-order valence-electron chi connectivity index (χ3n) is 7.31. The lowest BCUT2D eigenvalue weighted by molar-refractivity contribution is -0.134. The second-order valence-electron chi connectivity index (χ2n) is 11.9. The lowest BCUT2D eigenvalue weighted by atomic mass is 10.2. The third-order valence-corrected chi connectivity index (χ3v) is 7.31. The van der Waals surface area contributed by atoms with Crippen molar-refractivity contribution in [3.8, 4) is 23.6 Å². The van der Waals surface area contributed by atoms with E-state index >= 15 is 0 Å². The Morgan fingerprint density at radius 2 is 0.966 bits per heavy atom. The topological polar surface area (TPSA) is 184 Å². The first-order chi connectivity index (χ1) is 28.1. The molecule has 0 atom stereocenters. The summed E-state index contributed by atoms with van der Waals surface area (Å²) < 4.78 is 119. The number of nitrogens with two attached hydrogens (primary N) is 1. The Bertz CT molecular complexity index is 2030. The number of carboxylic acids is 1. The molecule has 0 spiro atoms. The minimum atomic E-state index is -1.69. The smallest absolute Gasteiger partial charge is 0.300 e. The molecular formula is C40H40F8N6O5. The number of unbranched alkanes of at least 4 members (excludes halogenated alkanes) is 6. The lowest BCUT2D eigenvalue weighted by Crippen LogP contribution is -2.08. The van der Waals surface area contributed by atoms with Crippen molar-refractivity contribution in [3.63, 3.8) is 0 Å². The number of ether oxygens (including phenoxy) is 2. The van der Waals surface area contributed by atoms with E-state index in [1.54, 1.807) is 12.1 Å². The van der Waals surface area contributed by atoms with E-state index in [9.17, 15) is 40.0 Å². The Hall–Kier alpha value is -6.63. The normalized spacial score (nSPS) is 10.1. The Morgan fingerprint density at radius 1 is 0.610 bits per heavy atom. The van der Waals surface area contributed by atoms with Gasteiger partial charge in [0, 0.05) is 6.92 Å². The lowest BCUT2D eigenvalue weighted by Gasteiger charge is -2.10. The molecule has 0 bridgehead atoms. The highest BCUT2D eigenvalue weighted by Gasteiger charge is 2.27. The zero-order chi connectivity index (χ0) is 44.5. The second kappa shape index (κ2) is 27.1. The van der Waals surface area contributed by atoms with Crippen molar-refractivity contribution in [1.29, 1.82) is 10.5 Å². The molecule has 0 amide bonds. The molecule has 0 saturated heterocycles. The van der Waals surface area contributed by atoms with E-state index < -0.39 is 75.4 Å². The third kappa shape index (κ3) is 16.8. The summed E-state index contributed by atoms with van der Waals surface area (Å²) in [6.45, 7) is 5.02. The van der Waals surface area contributed by atoms with Gasteiger partial charge in [0.25, 0.3) is 5.97 Å². The molecule has 59 heavy (non-hydrogen) atoms. The van der Waals surface area contributed by atoms with Crippen LogP contribution < -0.4 is 15.2 Å². The van der Waals surface area contributed by atoms with Crippen LogP contribution in [0.4, 0.5) is 57.9 Å². The van der Waals surface area contributed by atoms with Crippen molar-refractivity contribution in [2.45, 2.75) is 72.1 Å². The molecule has 0 aliphatic carbocycles. The number of anilines is 1. The first-order valence-electron chi connectivity index (χ1n) is 17.8. The average Bonchev–Trinajstić information content (AvgIpc) is 3.24. The molecule has 316 valence electrons. The van der Waals surface area contributed by atoms with Crippen LogP contribution in [0.2, 0.25) is 0 Å². The van der Waals surface area contributed by atoms with Crippen molar-refractivity contribution in [3.05, 3.63) is 111 Å². The van der Waals surface area contributed by atoms with Crippen LogP contribution in [0.5, 0.6) is 11.5 Å². The first-order valence-corrected chi connectivity index (χ1v) is 17.8. The molecule has 0 aliphatic rings. The van der Waals surface area contributed by atoms with E-state index in [1.807, 2.05) is 26.0 Å². The van der Waals surface area contributed by atoms with Crippen LogP contribution in [0.3, 0.4) is 0 Å². The van der Waals surface area contributed by atoms with Crippen LogP contribution in [-0.4, -0.2) is 24.3 Å². The second-order valence-corrected chi connectivity index (χ2v) is 11.9. The summed E-state index contributed by atoms with van der Waals surface area (Å²) in [7, 11) is 0. The Labute approximate surface area is 334 Å². The zero-order valence-corrected chi connectivity index (χ0v) is 32.1. The number of hydrogen-bond acceptors (Lipinski definition) is 10. The Balaban J connectivity index is 0.000000464. The van der Waals surface area contributed by atoms with Crippen LogP contribution in [-0.2, 0) is 4.79 Å². The Kier molecular flexibility index (Phi) is 23.1. The quantitative estimate of drug-likeness (QED) is 0.0296. The van der Waals surface area contributed by atoms with Gasteiger partial charge in [-0.15, -0.1) is 10.0 Å². The van der Waals surface area contributed by atoms with Crippen LogP contribution >= 0.6 is 0 Å². The molecule has 11 nitrogen and oxygen atoms in total. The van der Waals surface area contributed by atoms with Crippen molar-refractivity contribution >= 4 is 28.7 Å². The van der Waals surface area contributed by atoms with Gasteiger partial charge in [0.15, 0.2) is 40.5 Å². The van der Waals surface area contributed by atoms with Gasteiger partial charge >= 0.3 is 0 Å². The molecule has 19 heteroatoms. The summed E-state index contributed by atoms with van der Waals surface area (Å²) in [5, 5.41) is 34.0. The maximum Gasteiger partial charge on any atom is 0.300 e. The molecule has 0 heterocycles. The van der Waals surface area contributed by atoms with Crippen molar-refractivity contribution < 1.29 is 54.5 Å². The average molecular weight is 837 g/mol. The molecule has 4 aromatic carbocycles. The maximum absolute atomic E-state index is 14.1. The number of nitriles is 2. The van der Waals surface area contributed by atoms with Gasteiger partial charge < -0.3 is 20.3 Å². The molecular weight excluding hydrogens is 796 g/mol. The maximum atomic E-state index is 14.1. The van der Waals surface area contributed by atoms with E-state index in [0.717, 1.165) is 45.4 Å². The van der Waals surface area contributed by atoms with Gasteiger partial charge in [0.05, 0.1) is 42.2 Å². The predicted octanol–water partition coefficient (Wildman–Crippen LogP) is 12.3. The van der Waals surface area contributed by atoms with E-state index in [4.69, 9.17) is 35.6 Å². The number of aliphatic carboxylic acids is 1. The molecule has 0 aliphatic heterocycles. The molecule has 4 aromatic rings. The van der Waals surface area contributed by atoms with Gasteiger partial charge in [-0.3, -0.25) is 4.79 Å². The number of nitrogens with zero attached hydrogens (tertiary/aromatic N) is 5. The van der Waals surface area contributed by atoms with E-state index in [0.29, 0.717) is 29.7 Å². The fraction of sp³-hybridized carbons (Fsp3) is 0.325. The molecule has 0 fully saturated rings. The van der Waals surface area contributed by atoms with Gasteiger partial charge in [0.1, 0.15) is 11.4 Å². The number of benzene rings is 4. The standard InChI is InChI=1S/C19H17F4N3O.C12H15F4NO.C7H4N2O.C2H4O2/c1-2-3-4-5-10-27-19-16(22)14(20)18(15(21)17(19)23)26-25-13-8-6-12(11-24)7-9-13;1-2-3-4-5-6-18-12-9(15)7(13)11(17)8(14)10(12)16;8-5-6-1-3-7(9-10)4-2-6;1-2(3)4/h6-9H,2-5,10H2,1H3;2-6,17H2,1H3;1-4H;1H3,(H,3,4). The number of halogens is 8. The predicted molar refractivity (Wildman–Crippen MR) is 201 cm³/mol. The number of nitrogen functional groups attached to an aromatic ring is 1. The van der Waals surface area contributed by atoms with E-state index in [2.05, 4.69) is 15.4 Å². The van der Waals surface area contributed by atoms with Crippen LogP contribution in [0.1, 0.15) is 83.3 Å². The van der Waals surface area contributed by atoms with Gasteiger partial charge in [-0.25, -0.2) is 17.6 Å². The summed E-state index contributed by atoms with van der Waals surface area (Å²) in [6.07, 6.45) is 6.50. The van der Waals surface area contributed by atoms with Crippen molar-refractivity contribution in [1.82, 2.24) is 0 Å². The van der Waals surface area contributed by atoms with E-state index in [1.165, 1.54) is 36.4 Å². The number of carbonyl (C=O) groups is 1. The number of rotatable bonds is 15. The summed E-state index contributed by atoms with van der Waals surface area (Å²) in [4.78, 5) is 18.9. The van der Waals surface area contributed by atoms with Gasteiger partial charge in [-0.05, 0) is 66.5 Å². The minimum Gasteiger partial charge on any atom is -0.487 e. The van der Waals surface area contributed by atoms with Crippen LogP contribution in [0.25, 0.3) is 0 Å². The number of carboxylic acid groups (broad SMARTS) is 1. The van der Waals surface area contributed by atoms with Gasteiger partial charge in [-0.2, -0.15) is 33.2 Å². The first kappa shape index (κ1) is 50.4.